The van der Waals surface area contributed by atoms with Gasteiger partial charge in [0.05, 0.1) is 11.6 Å². The Bertz CT molecular complexity index is 457. The molecule has 2 heteroatoms. The molecular formula is C12H11NO. The third-order valence-electron chi connectivity index (χ3n) is 2.43. The standard InChI is InChI=1S/C12H11NO/c1-2-4-11-10(3-1)12(7-8-13-11)14-9-5-6-9/h1-4,7-9H,5-6H2. The van der Waals surface area contributed by atoms with Gasteiger partial charge in [-0.05, 0) is 31.0 Å². The van der Waals surface area contributed by atoms with Gasteiger partial charge in [0.2, 0.25) is 0 Å². The maximum atomic E-state index is 5.80. The number of rotatable bonds is 2. The second-order valence-electron chi connectivity index (χ2n) is 3.64. The summed E-state index contributed by atoms with van der Waals surface area (Å²) in [4.78, 5) is 4.29. The summed E-state index contributed by atoms with van der Waals surface area (Å²) in [5, 5.41) is 1.11. The van der Waals surface area contributed by atoms with Gasteiger partial charge in [0.1, 0.15) is 5.75 Å². The largest absolute Gasteiger partial charge is 0.490 e. The number of benzene rings is 1. The van der Waals surface area contributed by atoms with Crippen LogP contribution in [0, 0.1) is 0 Å². The normalized spacial score (nSPS) is 15.7. The van der Waals surface area contributed by atoms with Crippen molar-refractivity contribution in [2.24, 2.45) is 0 Å². The second kappa shape index (κ2) is 2.98. The van der Waals surface area contributed by atoms with Gasteiger partial charge in [-0.2, -0.15) is 0 Å². The Morgan fingerprint density at radius 2 is 2.00 bits per heavy atom. The van der Waals surface area contributed by atoms with Crippen molar-refractivity contribution in [3.8, 4) is 5.75 Å². The first-order chi connectivity index (χ1) is 6.93. The lowest BCUT2D eigenvalue weighted by atomic mass is 10.2. The highest BCUT2D eigenvalue weighted by Gasteiger charge is 2.24. The SMILES string of the molecule is c1ccc2c(OC3CC3)ccnc2c1. The molecule has 3 rings (SSSR count). The zero-order chi connectivity index (χ0) is 9.38. The Balaban J connectivity index is 2.11. The molecule has 0 spiro atoms. The highest BCUT2D eigenvalue weighted by molar-refractivity contribution is 5.84. The van der Waals surface area contributed by atoms with Crippen LogP contribution in [0.3, 0.4) is 0 Å². The summed E-state index contributed by atoms with van der Waals surface area (Å²) in [7, 11) is 0. The third kappa shape index (κ3) is 1.33. The highest BCUT2D eigenvalue weighted by atomic mass is 16.5. The lowest BCUT2D eigenvalue weighted by Gasteiger charge is -2.06. The van der Waals surface area contributed by atoms with Gasteiger partial charge in [0.25, 0.3) is 0 Å². The summed E-state index contributed by atoms with van der Waals surface area (Å²) in [6.45, 7) is 0. The Kier molecular flexibility index (Phi) is 1.66. The van der Waals surface area contributed by atoms with Gasteiger partial charge < -0.3 is 4.74 Å². The molecule has 0 N–H and O–H groups in total. The molecular weight excluding hydrogens is 174 g/mol. The summed E-state index contributed by atoms with van der Waals surface area (Å²) in [6, 6.07) is 10.0. The fourth-order valence-corrected chi connectivity index (χ4v) is 1.54. The van der Waals surface area contributed by atoms with Crippen LogP contribution >= 0.6 is 0 Å². The lowest BCUT2D eigenvalue weighted by Crippen LogP contribution is -1.96. The summed E-state index contributed by atoms with van der Waals surface area (Å²) >= 11 is 0. The first-order valence-corrected chi connectivity index (χ1v) is 4.94. The Labute approximate surface area is 82.5 Å². The van der Waals surface area contributed by atoms with E-state index < -0.39 is 0 Å². The molecule has 2 nitrogen and oxygen atoms in total. The molecule has 70 valence electrons. The molecule has 1 heterocycles. The van der Waals surface area contributed by atoms with Crippen molar-refractivity contribution in [1.29, 1.82) is 0 Å². The van der Waals surface area contributed by atoms with Gasteiger partial charge >= 0.3 is 0 Å². The van der Waals surface area contributed by atoms with Crippen LogP contribution in [-0.4, -0.2) is 11.1 Å². The van der Waals surface area contributed by atoms with E-state index in [1.807, 2.05) is 24.3 Å². The molecule has 0 unspecified atom stereocenters. The van der Waals surface area contributed by atoms with Gasteiger partial charge in [-0.15, -0.1) is 0 Å². The van der Waals surface area contributed by atoms with Crippen LogP contribution in [0.15, 0.2) is 36.5 Å². The van der Waals surface area contributed by atoms with Crippen LogP contribution in [0.4, 0.5) is 0 Å². The summed E-state index contributed by atoms with van der Waals surface area (Å²) < 4.78 is 5.80. The fraction of sp³-hybridized carbons (Fsp3) is 0.250. The molecule has 1 aromatic carbocycles. The second-order valence-corrected chi connectivity index (χ2v) is 3.64. The fourth-order valence-electron chi connectivity index (χ4n) is 1.54. The minimum Gasteiger partial charge on any atom is -0.490 e. The number of hydrogen-bond acceptors (Lipinski definition) is 2. The van der Waals surface area contributed by atoms with Crippen molar-refractivity contribution in [3.05, 3.63) is 36.5 Å². The number of para-hydroxylation sites is 1. The monoisotopic (exact) mass is 185 g/mol. The first kappa shape index (κ1) is 7.80. The van der Waals surface area contributed by atoms with E-state index in [0.29, 0.717) is 6.10 Å². The number of ether oxygens (including phenoxy) is 1. The van der Waals surface area contributed by atoms with E-state index in [-0.39, 0.29) is 0 Å². The van der Waals surface area contributed by atoms with Crippen LogP contribution in [0.1, 0.15) is 12.8 Å². The number of nitrogens with zero attached hydrogens (tertiary/aromatic N) is 1. The number of pyridine rings is 1. The van der Waals surface area contributed by atoms with E-state index in [9.17, 15) is 0 Å². The molecule has 1 aliphatic carbocycles. The first-order valence-electron chi connectivity index (χ1n) is 4.94. The maximum absolute atomic E-state index is 5.80. The van der Waals surface area contributed by atoms with Crippen LogP contribution in [0.2, 0.25) is 0 Å². The molecule has 14 heavy (non-hydrogen) atoms. The molecule has 1 saturated carbocycles. The van der Waals surface area contributed by atoms with Gasteiger partial charge in [0.15, 0.2) is 0 Å². The molecule has 1 aromatic heterocycles. The van der Waals surface area contributed by atoms with E-state index >= 15 is 0 Å². The quantitative estimate of drug-likeness (QED) is 0.717. The smallest absolute Gasteiger partial charge is 0.130 e. The van der Waals surface area contributed by atoms with Crippen LogP contribution in [0.25, 0.3) is 10.9 Å². The molecule has 2 aromatic rings. The summed E-state index contributed by atoms with van der Waals surface area (Å²) in [5.41, 5.74) is 1.01. The summed E-state index contributed by atoms with van der Waals surface area (Å²) in [6.07, 6.45) is 4.63. The number of fused-ring (bicyclic) bond motifs is 1. The number of hydrogen-bond donors (Lipinski definition) is 0. The van der Waals surface area contributed by atoms with E-state index in [1.165, 1.54) is 12.8 Å². The molecule has 0 atom stereocenters. The van der Waals surface area contributed by atoms with Gasteiger partial charge in [-0.1, -0.05) is 12.1 Å². The number of aromatic nitrogens is 1. The molecule has 1 aliphatic rings. The van der Waals surface area contributed by atoms with Gasteiger partial charge in [0, 0.05) is 11.6 Å². The predicted molar refractivity (Wildman–Crippen MR) is 55.4 cm³/mol. The minimum atomic E-state index is 0.445. The van der Waals surface area contributed by atoms with E-state index in [0.717, 1.165) is 16.7 Å². The summed E-state index contributed by atoms with van der Waals surface area (Å²) in [5.74, 6) is 0.970. The van der Waals surface area contributed by atoms with Crippen molar-refractivity contribution in [2.75, 3.05) is 0 Å². The van der Waals surface area contributed by atoms with Gasteiger partial charge in [-0.25, -0.2) is 0 Å². The van der Waals surface area contributed by atoms with E-state index in [4.69, 9.17) is 4.74 Å². The average Bonchev–Trinajstić information content (AvgIpc) is 3.03. The Morgan fingerprint density at radius 3 is 2.86 bits per heavy atom. The molecule has 0 bridgehead atoms. The Morgan fingerprint density at radius 1 is 1.14 bits per heavy atom. The average molecular weight is 185 g/mol. The van der Waals surface area contributed by atoms with Crippen molar-refractivity contribution < 1.29 is 4.74 Å². The molecule has 0 radical (unpaired) electrons. The zero-order valence-corrected chi connectivity index (χ0v) is 7.81. The maximum Gasteiger partial charge on any atom is 0.130 e. The van der Waals surface area contributed by atoms with E-state index in [1.54, 1.807) is 6.20 Å². The van der Waals surface area contributed by atoms with Crippen molar-refractivity contribution in [3.63, 3.8) is 0 Å². The topological polar surface area (TPSA) is 22.1 Å². The molecule has 0 amide bonds. The van der Waals surface area contributed by atoms with Gasteiger partial charge in [-0.3, -0.25) is 4.98 Å². The molecule has 1 fully saturated rings. The highest BCUT2D eigenvalue weighted by Crippen LogP contribution is 2.30. The molecule has 0 saturated heterocycles. The Hall–Kier alpha value is -1.57. The van der Waals surface area contributed by atoms with Crippen molar-refractivity contribution in [1.82, 2.24) is 4.98 Å². The minimum absolute atomic E-state index is 0.445. The zero-order valence-electron chi connectivity index (χ0n) is 7.81. The van der Waals surface area contributed by atoms with Crippen LogP contribution in [0.5, 0.6) is 5.75 Å². The van der Waals surface area contributed by atoms with Crippen molar-refractivity contribution in [2.45, 2.75) is 18.9 Å². The van der Waals surface area contributed by atoms with E-state index in [2.05, 4.69) is 11.1 Å². The third-order valence-corrected chi connectivity index (χ3v) is 2.43. The van der Waals surface area contributed by atoms with Crippen molar-refractivity contribution >= 4 is 10.9 Å². The lowest BCUT2D eigenvalue weighted by molar-refractivity contribution is 0.307. The molecule has 0 aliphatic heterocycles. The predicted octanol–water partition coefficient (Wildman–Crippen LogP) is 2.78. The van der Waals surface area contributed by atoms with Crippen LogP contribution < -0.4 is 4.74 Å². The van der Waals surface area contributed by atoms with Crippen LogP contribution in [-0.2, 0) is 0 Å².